The summed E-state index contributed by atoms with van der Waals surface area (Å²) in [6.45, 7) is -0.187. The minimum Gasteiger partial charge on any atom is -0.484 e. The molecule has 0 atom stereocenters. The van der Waals surface area contributed by atoms with Crippen LogP contribution in [-0.4, -0.2) is 23.5 Å². The molecule has 1 fully saturated rings. The minimum atomic E-state index is -0.419. The van der Waals surface area contributed by atoms with Crippen LogP contribution in [0.3, 0.4) is 0 Å². The molecule has 1 saturated carbocycles. The zero-order valence-electron chi connectivity index (χ0n) is 13.1. The predicted molar refractivity (Wildman–Crippen MR) is 95.5 cm³/mol. The molecule has 0 heterocycles. The van der Waals surface area contributed by atoms with Gasteiger partial charge in [0.2, 0.25) is 5.91 Å². The van der Waals surface area contributed by atoms with Crippen molar-refractivity contribution in [1.82, 2.24) is 16.2 Å². The van der Waals surface area contributed by atoms with Crippen LogP contribution < -0.4 is 20.9 Å². The van der Waals surface area contributed by atoms with Crippen molar-refractivity contribution in [3.63, 3.8) is 0 Å². The number of thiocarbonyl (C=S) groups is 1. The molecule has 3 N–H and O–H groups in total. The summed E-state index contributed by atoms with van der Waals surface area (Å²) in [5.74, 6) is 0.417. The van der Waals surface area contributed by atoms with Gasteiger partial charge in [-0.2, -0.15) is 0 Å². The van der Waals surface area contributed by atoms with Crippen LogP contribution in [-0.2, 0) is 9.59 Å². The zero-order valence-corrected chi connectivity index (χ0v) is 14.7. The molecule has 0 aliphatic heterocycles. The summed E-state index contributed by atoms with van der Waals surface area (Å²) in [6, 6.07) is 6.66. The van der Waals surface area contributed by atoms with Crippen molar-refractivity contribution in [3.05, 3.63) is 29.3 Å². The molecule has 0 bridgehead atoms. The molecule has 8 heteroatoms. The van der Waals surface area contributed by atoms with Gasteiger partial charge in [0.25, 0.3) is 5.91 Å². The molecule has 130 valence electrons. The Kier molecular flexibility index (Phi) is 7.27. The molecule has 1 aromatic carbocycles. The van der Waals surface area contributed by atoms with E-state index in [2.05, 4.69) is 16.2 Å². The molecule has 0 unspecified atom stereocenters. The van der Waals surface area contributed by atoms with Gasteiger partial charge in [-0.05, 0) is 55.2 Å². The van der Waals surface area contributed by atoms with Crippen molar-refractivity contribution in [1.29, 1.82) is 0 Å². The first kappa shape index (κ1) is 18.5. The average molecular weight is 370 g/mol. The number of hydrazine groups is 1. The maximum atomic E-state index is 11.8. The zero-order chi connectivity index (χ0) is 17.4. The number of benzene rings is 1. The van der Waals surface area contributed by atoms with E-state index in [1.54, 1.807) is 24.3 Å². The fourth-order valence-corrected chi connectivity index (χ4v) is 2.82. The largest absolute Gasteiger partial charge is 0.484 e. The van der Waals surface area contributed by atoms with Crippen molar-refractivity contribution in [2.75, 3.05) is 6.61 Å². The Morgan fingerprint density at radius 1 is 1.12 bits per heavy atom. The van der Waals surface area contributed by atoms with Gasteiger partial charge in [-0.25, -0.2) is 0 Å². The Balaban J connectivity index is 1.60. The second kappa shape index (κ2) is 9.44. The Morgan fingerprint density at radius 3 is 2.46 bits per heavy atom. The molecule has 2 amide bonds. The lowest BCUT2D eigenvalue weighted by Crippen LogP contribution is -2.49. The first-order valence-corrected chi connectivity index (χ1v) is 8.58. The highest BCUT2D eigenvalue weighted by Gasteiger charge is 2.18. The SMILES string of the molecule is O=C(COc1ccc(Cl)cc1)NNC(=S)NC(=O)CC1CCCC1. The second-order valence-corrected chi connectivity index (χ2v) is 6.49. The van der Waals surface area contributed by atoms with Crippen LogP contribution in [0.25, 0.3) is 0 Å². The number of hydrogen-bond acceptors (Lipinski definition) is 4. The third kappa shape index (κ3) is 6.72. The first-order chi connectivity index (χ1) is 11.5. The Morgan fingerprint density at radius 2 is 1.79 bits per heavy atom. The number of hydrogen-bond donors (Lipinski definition) is 3. The molecule has 0 radical (unpaired) electrons. The molecule has 24 heavy (non-hydrogen) atoms. The van der Waals surface area contributed by atoms with Gasteiger partial charge in [0.15, 0.2) is 11.7 Å². The van der Waals surface area contributed by atoms with Crippen molar-refractivity contribution < 1.29 is 14.3 Å². The summed E-state index contributed by atoms with van der Waals surface area (Å²) < 4.78 is 5.28. The smallest absolute Gasteiger partial charge is 0.276 e. The number of rotatable bonds is 5. The Labute approximate surface area is 151 Å². The van der Waals surface area contributed by atoms with Crippen molar-refractivity contribution in [2.45, 2.75) is 32.1 Å². The molecule has 2 rings (SSSR count). The fraction of sp³-hybridized carbons (Fsp3) is 0.438. The molecule has 1 aromatic rings. The van der Waals surface area contributed by atoms with E-state index in [0.29, 0.717) is 23.1 Å². The number of amides is 2. The monoisotopic (exact) mass is 369 g/mol. The van der Waals surface area contributed by atoms with E-state index in [1.807, 2.05) is 0 Å². The number of nitrogens with one attached hydrogen (secondary N) is 3. The lowest BCUT2D eigenvalue weighted by atomic mass is 10.0. The molecular formula is C16H20ClN3O3S. The minimum absolute atomic E-state index is 0.0674. The molecular weight excluding hydrogens is 350 g/mol. The standard InChI is InChI=1S/C16H20ClN3O3S/c17-12-5-7-13(8-6-12)23-10-15(22)19-20-16(24)18-14(21)9-11-3-1-2-4-11/h5-8,11H,1-4,9-10H2,(H,19,22)(H2,18,20,21,24). The van der Waals surface area contributed by atoms with E-state index in [1.165, 1.54) is 12.8 Å². The van der Waals surface area contributed by atoms with Crippen molar-refractivity contribution in [2.24, 2.45) is 5.92 Å². The van der Waals surface area contributed by atoms with Gasteiger partial charge in [-0.3, -0.25) is 20.4 Å². The van der Waals surface area contributed by atoms with Gasteiger partial charge in [-0.15, -0.1) is 0 Å². The summed E-state index contributed by atoms with van der Waals surface area (Å²) in [6.07, 6.45) is 5.02. The molecule has 1 aliphatic carbocycles. The highest BCUT2D eigenvalue weighted by molar-refractivity contribution is 7.80. The van der Waals surface area contributed by atoms with E-state index in [4.69, 9.17) is 28.6 Å². The van der Waals surface area contributed by atoms with Crippen LogP contribution in [0.1, 0.15) is 32.1 Å². The molecule has 1 aliphatic rings. The van der Waals surface area contributed by atoms with Crippen LogP contribution in [0.2, 0.25) is 5.02 Å². The highest BCUT2D eigenvalue weighted by Crippen LogP contribution is 2.27. The van der Waals surface area contributed by atoms with E-state index in [-0.39, 0.29) is 17.6 Å². The normalized spacial score (nSPS) is 14.0. The molecule has 0 spiro atoms. The topological polar surface area (TPSA) is 79.5 Å². The predicted octanol–water partition coefficient (Wildman–Crippen LogP) is 2.32. The van der Waals surface area contributed by atoms with E-state index < -0.39 is 5.91 Å². The van der Waals surface area contributed by atoms with Crippen LogP contribution >= 0.6 is 23.8 Å². The highest BCUT2D eigenvalue weighted by atomic mass is 35.5. The van der Waals surface area contributed by atoms with Gasteiger partial charge >= 0.3 is 0 Å². The molecule has 6 nitrogen and oxygen atoms in total. The average Bonchev–Trinajstić information content (AvgIpc) is 3.05. The lowest BCUT2D eigenvalue weighted by molar-refractivity contribution is -0.124. The van der Waals surface area contributed by atoms with Gasteiger partial charge < -0.3 is 10.1 Å². The third-order valence-electron chi connectivity index (χ3n) is 3.70. The number of ether oxygens (including phenoxy) is 1. The van der Waals surface area contributed by atoms with E-state index in [0.717, 1.165) is 12.8 Å². The quantitative estimate of drug-likeness (QED) is 0.548. The number of carbonyl (C=O) groups is 2. The maximum Gasteiger partial charge on any atom is 0.276 e. The van der Waals surface area contributed by atoms with Gasteiger partial charge in [-0.1, -0.05) is 24.4 Å². The number of halogens is 1. The van der Waals surface area contributed by atoms with Crippen molar-refractivity contribution in [3.8, 4) is 5.75 Å². The van der Waals surface area contributed by atoms with Crippen LogP contribution in [0.5, 0.6) is 5.75 Å². The first-order valence-electron chi connectivity index (χ1n) is 7.80. The lowest BCUT2D eigenvalue weighted by Gasteiger charge is -2.13. The fourth-order valence-electron chi connectivity index (χ4n) is 2.53. The summed E-state index contributed by atoms with van der Waals surface area (Å²) in [4.78, 5) is 23.5. The van der Waals surface area contributed by atoms with E-state index in [9.17, 15) is 9.59 Å². The van der Waals surface area contributed by atoms with Gasteiger partial charge in [0.1, 0.15) is 5.75 Å². The van der Waals surface area contributed by atoms with Crippen LogP contribution in [0.15, 0.2) is 24.3 Å². The second-order valence-electron chi connectivity index (χ2n) is 5.65. The third-order valence-corrected chi connectivity index (χ3v) is 4.16. The van der Waals surface area contributed by atoms with Crippen LogP contribution in [0, 0.1) is 5.92 Å². The van der Waals surface area contributed by atoms with Gasteiger partial charge in [0, 0.05) is 11.4 Å². The Bertz CT molecular complexity index is 589. The summed E-state index contributed by atoms with van der Waals surface area (Å²) >= 11 is 10.7. The molecule has 0 saturated heterocycles. The van der Waals surface area contributed by atoms with Crippen LogP contribution in [0.4, 0.5) is 0 Å². The van der Waals surface area contributed by atoms with Gasteiger partial charge in [0.05, 0.1) is 0 Å². The maximum absolute atomic E-state index is 11.8. The summed E-state index contributed by atoms with van der Waals surface area (Å²) in [5.41, 5.74) is 4.85. The Hall–Kier alpha value is -1.86. The summed E-state index contributed by atoms with van der Waals surface area (Å²) in [7, 11) is 0. The number of carbonyl (C=O) groups excluding carboxylic acids is 2. The van der Waals surface area contributed by atoms with E-state index >= 15 is 0 Å². The summed E-state index contributed by atoms with van der Waals surface area (Å²) in [5, 5.41) is 3.21. The van der Waals surface area contributed by atoms with Crippen molar-refractivity contribution >= 4 is 40.7 Å². The molecule has 0 aromatic heterocycles.